The first kappa shape index (κ1) is 16.9. The number of anilines is 2. The first-order valence-electron chi connectivity index (χ1n) is 9.55. The third kappa shape index (κ3) is 2.35. The summed E-state index contributed by atoms with van der Waals surface area (Å²) in [6.07, 6.45) is 5.09. The number of hydrogen-bond acceptors (Lipinski definition) is 3. The van der Waals surface area contributed by atoms with Crippen LogP contribution < -0.4 is 9.80 Å². The van der Waals surface area contributed by atoms with E-state index in [1.165, 1.54) is 4.90 Å². The van der Waals surface area contributed by atoms with Gasteiger partial charge in [-0.1, -0.05) is 30.4 Å². The van der Waals surface area contributed by atoms with Crippen molar-refractivity contribution in [3.8, 4) is 0 Å². The number of amides is 3. The molecule has 1 saturated heterocycles. The maximum Gasteiger partial charge on any atom is 0.258 e. The van der Waals surface area contributed by atoms with E-state index >= 15 is 0 Å². The molecule has 0 unspecified atom stereocenters. The molecule has 0 N–H and O–H groups in total. The van der Waals surface area contributed by atoms with Gasteiger partial charge >= 0.3 is 0 Å². The van der Waals surface area contributed by atoms with E-state index in [9.17, 15) is 14.4 Å². The van der Waals surface area contributed by atoms with E-state index in [-0.39, 0.29) is 41.4 Å². The number of carbonyl (C=O) groups is 3. The number of carbonyl (C=O) groups excluding carboxylic acids is 3. The maximum absolute atomic E-state index is 12.9. The van der Waals surface area contributed by atoms with E-state index in [0.717, 1.165) is 12.1 Å². The summed E-state index contributed by atoms with van der Waals surface area (Å²) in [5.41, 5.74) is 1.86. The third-order valence-electron chi connectivity index (χ3n) is 6.29. The number of allylic oxidation sites excluding steroid dienone is 2. The molecule has 0 aromatic heterocycles. The highest BCUT2D eigenvalue weighted by molar-refractivity contribution is 6.23. The minimum atomic E-state index is -0.215. The zero-order chi connectivity index (χ0) is 19.4. The summed E-state index contributed by atoms with van der Waals surface area (Å²) in [5, 5.41) is 0. The smallest absolute Gasteiger partial charge is 0.258 e. The van der Waals surface area contributed by atoms with E-state index in [0.29, 0.717) is 11.3 Å². The molecule has 3 aliphatic rings. The summed E-state index contributed by atoms with van der Waals surface area (Å²) >= 11 is 0. The Bertz CT molecular complexity index is 966. The second-order valence-electron chi connectivity index (χ2n) is 7.76. The number of fused-ring (bicyclic) bond motifs is 5. The van der Waals surface area contributed by atoms with Gasteiger partial charge in [-0.25, -0.2) is 0 Å². The summed E-state index contributed by atoms with van der Waals surface area (Å²) in [6.45, 7) is 0. The number of rotatable bonds is 3. The predicted octanol–water partition coefficient (Wildman–Crippen LogP) is 3.27. The lowest BCUT2D eigenvalue weighted by molar-refractivity contribution is -0.123. The van der Waals surface area contributed by atoms with Crippen molar-refractivity contribution in [2.45, 2.75) is 6.42 Å². The molecule has 2 fully saturated rings. The van der Waals surface area contributed by atoms with Crippen molar-refractivity contribution in [2.24, 2.45) is 23.7 Å². The maximum atomic E-state index is 12.9. The largest absolute Gasteiger partial charge is 0.311 e. The highest BCUT2D eigenvalue weighted by Crippen LogP contribution is 2.53. The van der Waals surface area contributed by atoms with Crippen LogP contribution in [0.15, 0.2) is 66.7 Å². The molecule has 5 rings (SSSR count). The van der Waals surface area contributed by atoms with Crippen LogP contribution in [-0.4, -0.2) is 24.8 Å². The van der Waals surface area contributed by atoms with Crippen LogP contribution in [0.1, 0.15) is 16.8 Å². The fraction of sp³-hybridized carbons (Fsp3) is 0.261. The molecule has 2 aliphatic carbocycles. The average molecular weight is 372 g/mol. The molecule has 2 aromatic rings. The summed E-state index contributed by atoms with van der Waals surface area (Å²) < 4.78 is 0. The minimum absolute atomic E-state index is 0.104. The van der Waals surface area contributed by atoms with Crippen molar-refractivity contribution in [1.82, 2.24) is 0 Å². The van der Waals surface area contributed by atoms with Gasteiger partial charge in [-0.05, 0) is 54.7 Å². The Morgan fingerprint density at radius 1 is 0.893 bits per heavy atom. The van der Waals surface area contributed by atoms with Crippen LogP contribution in [0.25, 0.3) is 0 Å². The molecular formula is C23H20N2O3. The van der Waals surface area contributed by atoms with Gasteiger partial charge in [0.1, 0.15) is 0 Å². The quantitative estimate of drug-likeness (QED) is 0.614. The number of imide groups is 1. The van der Waals surface area contributed by atoms with Gasteiger partial charge in [-0.3, -0.25) is 19.3 Å². The summed E-state index contributed by atoms with van der Waals surface area (Å²) in [4.78, 5) is 41.4. The highest BCUT2D eigenvalue weighted by atomic mass is 16.2. The standard InChI is InChI=1S/C23H20N2O3/c1-24(17-5-3-2-4-6-17)21(26)14-9-11-18(12-10-14)25-22(27)19-15-7-8-16(13-15)20(19)23(25)28/h2-12,15-16,19-20H,13H2,1H3/t15-,16-,19+,20+/m0/s1. The summed E-state index contributed by atoms with van der Waals surface area (Å²) in [6, 6.07) is 16.1. The zero-order valence-corrected chi connectivity index (χ0v) is 15.5. The average Bonchev–Trinajstić information content (AvgIpc) is 3.41. The van der Waals surface area contributed by atoms with Gasteiger partial charge in [0.2, 0.25) is 11.8 Å². The first-order chi connectivity index (χ1) is 13.6. The van der Waals surface area contributed by atoms with Crippen LogP contribution in [-0.2, 0) is 9.59 Å². The van der Waals surface area contributed by atoms with E-state index in [2.05, 4.69) is 12.2 Å². The second-order valence-corrected chi connectivity index (χ2v) is 7.76. The number of para-hydroxylation sites is 1. The number of benzene rings is 2. The Labute approximate surface area is 163 Å². The van der Waals surface area contributed by atoms with Crippen LogP contribution in [0.4, 0.5) is 11.4 Å². The van der Waals surface area contributed by atoms with Crippen molar-refractivity contribution >= 4 is 29.1 Å². The van der Waals surface area contributed by atoms with Crippen LogP contribution in [0, 0.1) is 23.7 Å². The lowest BCUT2D eigenvalue weighted by Crippen LogP contribution is -2.33. The topological polar surface area (TPSA) is 57.7 Å². The van der Waals surface area contributed by atoms with E-state index in [1.807, 2.05) is 30.3 Å². The van der Waals surface area contributed by atoms with Crippen molar-refractivity contribution in [3.05, 3.63) is 72.3 Å². The lowest BCUT2D eigenvalue weighted by Gasteiger charge is -2.19. The minimum Gasteiger partial charge on any atom is -0.311 e. The highest BCUT2D eigenvalue weighted by Gasteiger charge is 2.59. The van der Waals surface area contributed by atoms with Crippen molar-refractivity contribution in [2.75, 3.05) is 16.8 Å². The fourth-order valence-corrected chi connectivity index (χ4v) is 4.87. The van der Waals surface area contributed by atoms with Crippen molar-refractivity contribution < 1.29 is 14.4 Å². The molecule has 28 heavy (non-hydrogen) atoms. The van der Waals surface area contributed by atoms with Crippen LogP contribution in [0.2, 0.25) is 0 Å². The molecule has 2 aromatic carbocycles. The molecule has 1 saturated carbocycles. The fourth-order valence-electron chi connectivity index (χ4n) is 4.87. The lowest BCUT2D eigenvalue weighted by atomic mass is 9.85. The summed E-state index contributed by atoms with van der Waals surface area (Å²) in [7, 11) is 1.73. The molecule has 3 amide bonds. The van der Waals surface area contributed by atoms with Gasteiger partial charge in [0.25, 0.3) is 5.91 Å². The molecular weight excluding hydrogens is 352 g/mol. The number of hydrogen-bond donors (Lipinski definition) is 0. The Kier molecular flexibility index (Phi) is 3.72. The molecule has 2 bridgehead atoms. The SMILES string of the molecule is CN(C(=O)c1ccc(N2C(=O)[C@H]3[C@H](C2=O)[C@H]2C=C[C@H]3C2)cc1)c1ccccc1. The first-order valence-corrected chi connectivity index (χ1v) is 9.55. The normalized spacial score (nSPS) is 27.4. The predicted molar refractivity (Wildman–Crippen MR) is 106 cm³/mol. The Morgan fingerprint density at radius 3 is 2.04 bits per heavy atom. The Balaban J connectivity index is 1.38. The van der Waals surface area contributed by atoms with Crippen LogP contribution in [0.3, 0.4) is 0 Å². The molecule has 0 spiro atoms. The van der Waals surface area contributed by atoms with Crippen LogP contribution >= 0.6 is 0 Å². The van der Waals surface area contributed by atoms with Gasteiger partial charge < -0.3 is 4.90 Å². The van der Waals surface area contributed by atoms with Gasteiger partial charge in [-0.2, -0.15) is 0 Å². The van der Waals surface area contributed by atoms with E-state index < -0.39 is 0 Å². The summed E-state index contributed by atoms with van der Waals surface area (Å²) in [5.74, 6) is -0.398. The Morgan fingerprint density at radius 2 is 1.46 bits per heavy atom. The van der Waals surface area contributed by atoms with E-state index in [4.69, 9.17) is 0 Å². The molecule has 0 radical (unpaired) electrons. The van der Waals surface area contributed by atoms with Crippen molar-refractivity contribution in [1.29, 1.82) is 0 Å². The van der Waals surface area contributed by atoms with Crippen LogP contribution in [0.5, 0.6) is 0 Å². The Hall–Kier alpha value is -3.21. The molecule has 140 valence electrons. The van der Waals surface area contributed by atoms with Gasteiger partial charge in [0.05, 0.1) is 17.5 Å². The molecule has 4 atom stereocenters. The number of nitrogens with zero attached hydrogens (tertiary/aromatic N) is 2. The molecule has 1 aliphatic heterocycles. The molecule has 5 heteroatoms. The van der Waals surface area contributed by atoms with Gasteiger partial charge in [0, 0.05) is 18.3 Å². The van der Waals surface area contributed by atoms with Gasteiger partial charge in [-0.15, -0.1) is 0 Å². The van der Waals surface area contributed by atoms with E-state index in [1.54, 1.807) is 36.2 Å². The monoisotopic (exact) mass is 372 g/mol. The third-order valence-corrected chi connectivity index (χ3v) is 6.29. The van der Waals surface area contributed by atoms with Crippen molar-refractivity contribution in [3.63, 3.8) is 0 Å². The molecule has 5 nitrogen and oxygen atoms in total. The molecule has 1 heterocycles. The van der Waals surface area contributed by atoms with Gasteiger partial charge in [0.15, 0.2) is 0 Å². The zero-order valence-electron chi connectivity index (χ0n) is 15.5. The second kappa shape index (κ2) is 6.16.